The Labute approximate surface area is 217 Å². The summed E-state index contributed by atoms with van der Waals surface area (Å²) in [6.45, 7) is 4.13. The van der Waals surface area contributed by atoms with Crippen LogP contribution in [0.1, 0.15) is 39.9 Å². The molecule has 2 atom stereocenters. The molecule has 2 unspecified atom stereocenters. The minimum atomic E-state index is -5.03. The van der Waals surface area contributed by atoms with Crippen LogP contribution in [0.15, 0.2) is 48.5 Å². The van der Waals surface area contributed by atoms with Crippen LogP contribution in [-0.4, -0.2) is 73.7 Å². The lowest BCUT2D eigenvalue weighted by Gasteiger charge is -2.48. The van der Waals surface area contributed by atoms with E-state index in [0.29, 0.717) is 37.9 Å². The van der Waals surface area contributed by atoms with Gasteiger partial charge in [0.2, 0.25) is 0 Å². The molecule has 0 aromatic heterocycles. The zero-order valence-electron chi connectivity index (χ0n) is 21.0. The van der Waals surface area contributed by atoms with Crippen LogP contribution in [0.2, 0.25) is 0 Å². The van der Waals surface area contributed by atoms with Gasteiger partial charge in [-0.25, -0.2) is 0 Å². The molecule has 2 saturated heterocycles. The monoisotopic (exact) mass is 543 g/mol. The summed E-state index contributed by atoms with van der Waals surface area (Å²) in [5, 5.41) is 3.30. The molecule has 0 aliphatic carbocycles. The van der Waals surface area contributed by atoms with Crippen molar-refractivity contribution in [1.29, 1.82) is 0 Å². The number of methoxy groups -OCH3 is 1. The number of nitrogens with one attached hydrogen (secondary N) is 1. The van der Waals surface area contributed by atoms with Gasteiger partial charge >= 0.3 is 12.4 Å². The number of hydrogen-bond acceptors (Lipinski definition) is 4. The van der Waals surface area contributed by atoms with Crippen molar-refractivity contribution in [1.82, 2.24) is 15.1 Å². The first kappa shape index (κ1) is 28.4. The zero-order chi connectivity index (χ0) is 27.6. The first-order valence-electron chi connectivity index (χ1n) is 12.5. The number of benzene rings is 2. The normalized spacial score (nSPS) is 23.4. The van der Waals surface area contributed by atoms with E-state index in [0.717, 1.165) is 31.7 Å². The van der Waals surface area contributed by atoms with E-state index in [1.807, 2.05) is 30.3 Å². The van der Waals surface area contributed by atoms with Crippen molar-refractivity contribution in [3.63, 3.8) is 0 Å². The highest BCUT2D eigenvalue weighted by Gasteiger charge is 2.44. The number of alkyl halides is 6. The number of halogens is 6. The predicted octanol–water partition coefficient (Wildman–Crippen LogP) is 4.86. The first-order valence-corrected chi connectivity index (χ1v) is 12.5. The third-order valence-electron chi connectivity index (χ3n) is 7.42. The highest BCUT2D eigenvalue weighted by atomic mass is 19.4. The number of amides is 1. The summed E-state index contributed by atoms with van der Waals surface area (Å²) in [6, 6.07) is 9.88. The molecule has 1 amide bonds. The van der Waals surface area contributed by atoms with Crippen molar-refractivity contribution in [2.24, 2.45) is 0 Å². The van der Waals surface area contributed by atoms with Gasteiger partial charge in [0.15, 0.2) is 0 Å². The van der Waals surface area contributed by atoms with Gasteiger partial charge in [0, 0.05) is 58.0 Å². The summed E-state index contributed by atoms with van der Waals surface area (Å²) in [4.78, 5) is 17.3. The van der Waals surface area contributed by atoms with E-state index in [1.54, 1.807) is 7.11 Å². The van der Waals surface area contributed by atoms with E-state index in [1.165, 1.54) is 4.90 Å². The van der Waals surface area contributed by atoms with Gasteiger partial charge in [-0.15, -0.1) is 0 Å². The fourth-order valence-electron chi connectivity index (χ4n) is 5.40. The van der Waals surface area contributed by atoms with Crippen LogP contribution in [-0.2, 0) is 23.5 Å². The van der Waals surface area contributed by atoms with E-state index in [-0.39, 0.29) is 12.6 Å². The van der Waals surface area contributed by atoms with E-state index >= 15 is 0 Å². The molecule has 5 nitrogen and oxygen atoms in total. The maximum atomic E-state index is 13.6. The summed E-state index contributed by atoms with van der Waals surface area (Å²) in [5.41, 5.74) is -3.32. The van der Waals surface area contributed by atoms with Crippen LogP contribution in [0, 0.1) is 0 Å². The minimum Gasteiger partial charge on any atom is -0.377 e. The number of likely N-dealkylation sites (tertiary alicyclic amines) is 1. The van der Waals surface area contributed by atoms with E-state index in [2.05, 4.69) is 10.2 Å². The Balaban J connectivity index is 1.67. The molecule has 0 spiro atoms. The van der Waals surface area contributed by atoms with Crippen molar-refractivity contribution in [2.45, 2.75) is 43.3 Å². The molecule has 38 heavy (non-hydrogen) atoms. The third kappa shape index (κ3) is 6.68. The van der Waals surface area contributed by atoms with Crippen LogP contribution in [0.5, 0.6) is 0 Å². The molecule has 4 rings (SSSR count). The van der Waals surface area contributed by atoms with Crippen molar-refractivity contribution < 1.29 is 35.9 Å². The van der Waals surface area contributed by atoms with Gasteiger partial charge in [-0.1, -0.05) is 30.3 Å². The summed E-state index contributed by atoms with van der Waals surface area (Å²) in [6.07, 6.45) is -8.86. The van der Waals surface area contributed by atoms with Crippen molar-refractivity contribution in [2.75, 3.05) is 46.4 Å². The third-order valence-corrected chi connectivity index (χ3v) is 7.42. The molecule has 0 bridgehead atoms. The van der Waals surface area contributed by atoms with Crippen molar-refractivity contribution in [3.8, 4) is 0 Å². The second-order valence-electron chi connectivity index (χ2n) is 10.0. The second kappa shape index (κ2) is 11.2. The predicted molar refractivity (Wildman–Crippen MR) is 130 cm³/mol. The Kier molecular flexibility index (Phi) is 8.39. The van der Waals surface area contributed by atoms with Crippen LogP contribution in [0.3, 0.4) is 0 Å². The molecule has 11 heteroatoms. The fraction of sp³-hybridized carbons (Fsp3) is 0.519. The summed E-state index contributed by atoms with van der Waals surface area (Å²) in [7, 11) is 1.61. The average Bonchev–Trinajstić information content (AvgIpc) is 2.88. The van der Waals surface area contributed by atoms with Gasteiger partial charge in [-0.3, -0.25) is 9.69 Å². The highest BCUT2D eigenvalue weighted by Crippen LogP contribution is 2.38. The van der Waals surface area contributed by atoms with Gasteiger partial charge < -0.3 is 15.0 Å². The average molecular weight is 544 g/mol. The Bertz CT molecular complexity index is 1070. The Morgan fingerprint density at radius 3 is 2.13 bits per heavy atom. The maximum Gasteiger partial charge on any atom is 0.416 e. The highest BCUT2D eigenvalue weighted by molar-refractivity contribution is 5.95. The summed E-state index contributed by atoms with van der Waals surface area (Å²) >= 11 is 0. The molecule has 2 heterocycles. The van der Waals surface area contributed by atoms with Crippen molar-refractivity contribution in [3.05, 3.63) is 70.8 Å². The smallest absolute Gasteiger partial charge is 0.377 e. The van der Waals surface area contributed by atoms with Gasteiger partial charge in [-0.05, 0) is 43.0 Å². The van der Waals surface area contributed by atoms with Gasteiger partial charge in [0.05, 0.1) is 16.7 Å². The molecule has 2 aliphatic rings. The quantitative estimate of drug-likeness (QED) is 0.529. The lowest BCUT2D eigenvalue weighted by Crippen LogP contribution is -2.59. The van der Waals surface area contributed by atoms with E-state index in [4.69, 9.17) is 4.74 Å². The molecule has 1 N–H and O–H groups in total. The van der Waals surface area contributed by atoms with Crippen LogP contribution < -0.4 is 5.32 Å². The second-order valence-corrected chi connectivity index (χ2v) is 10.0. The number of carbonyl (C=O) groups is 1. The number of carbonyl (C=O) groups excluding carboxylic acids is 1. The minimum absolute atomic E-state index is 0.0395. The van der Waals surface area contributed by atoms with Gasteiger partial charge in [0.25, 0.3) is 5.91 Å². The standard InChI is InChI=1S/C27H31F6N3O2/c1-38-25(18-35-11-8-34-9-12-35)7-10-36(23(17-25)13-19-5-3-2-4-6-19)24(37)20-14-21(26(28,29)30)16-22(15-20)27(31,32)33/h2-6,14-16,23,34H,7-13,17-18H2,1H3. The van der Waals surface area contributed by atoms with Gasteiger partial charge in [-0.2, -0.15) is 26.3 Å². The Hall–Kier alpha value is -2.63. The van der Waals surface area contributed by atoms with E-state index < -0.39 is 46.6 Å². The fourth-order valence-corrected chi connectivity index (χ4v) is 5.40. The molecule has 0 saturated carbocycles. The number of piperidine rings is 1. The zero-order valence-corrected chi connectivity index (χ0v) is 21.0. The number of hydrogen-bond donors (Lipinski definition) is 1. The van der Waals surface area contributed by atoms with Crippen LogP contribution >= 0.6 is 0 Å². The lowest BCUT2D eigenvalue weighted by atomic mass is 9.82. The Morgan fingerprint density at radius 2 is 1.58 bits per heavy atom. The van der Waals surface area contributed by atoms with Gasteiger partial charge in [0.1, 0.15) is 0 Å². The SMILES string of the molecule is COC1(CN2CCNCC2)CCN(C(=O)c2cc(C(F)(F)F)cc(C(F)(F)F)c2)C(Cc2ccccc2)C1. The molecular formula is C27H31F6N3O2. The Morgan fingerprint density at radius 1 is 0.974 bits per heavy atom. The van der Waals surface area contributed by atoms with E-state index in [9.17, 15) is 31.1 Å². The molecule has 2 aromatic carbocycles. The molecule has 2 aromatic rings. The molecule has 208 valence electrons. The lowest BCUT2D eigenvalue weighted by molar-refractivity contribution is -0.143. The number of ether oxygens (including phenoxy) is 1. The number of nitrogens with zero attached hydrogens (tertiary/aromatic N) is 2. The summed E-state index contributed by atoms with van der Waals surface area (Å²) in [5.74, 6) is -0.852. The summed E-state index contributed by atoms with van der Waals surface area (Å²) < 4.78 is 86.8. The molecular weight excluding hydrogens is 512 g/mol. The molecule has 0 radical (unpaired) electrons. The number of rotatable bonds is 6. The van der Waals surface area contributed by atoms with Crippen LogP contribution in [0.4, 0.5) is 26.3 Å². The molecule has 2 aliphatic heterocycles. The number of piperazine rings is 1. The molecule has 2 fully saturated rings. The van der Waals surface area contributed by atoms with Crippen LogP contribution in [0.25, 0.3) is 0 Å². The largest absolute Gasteiger partial charge is 0.416 e. The first-order chi connectivity index (χ1) is 17.9. The maximum absolute atomic E-state index is 13.6. The van der Waals surface area contributed by atoms with Crippen molar-refractivity contribution >= 4 is 5.91 Å². The topological polar surface area (TPSA) is 44.8 Å².